The van der Waals surface area contributed by atoms with Crippen LogP contribution in [0.15, 0.2) is 0 Å². The first-order chi connectivity index (χ1) is 5.16. The van der Waals surface area contributed by atoms with Gasteiger partial charge >= 0.3 is 0 Å². The molecule has 0 aromatic rings. The fraction of sp³-hybridized carbons (Fsp3) is 1.00. The zero-order valence-corrected chi connectivity index (χ0v) is 12.7. The van der Waals surface area contributed by atoms with Gasteiger partial charge in [0.1, 0.15) is 4.57 Å². The summed E-state index contributed by atoms with van der Waals surface area (Å²) in [5, 5.41) is 0. The van der Waals surface area contributed by atoms with Gasteiger partial charge < -0.3 is 17.0 Å². The number of hydrogen-bond donors (Lipinski definition) is 0. The van der Waals surface area contributed by atoms with Crippen LogP contribution in [0.5, 0.6) is 0 Å². The van der Waals surface area contributed by atoms with Crippen LogP contribution >= 0.6 is 23.2 Å². The van der Waals surface area contributed by atoms with Crippen LogP contribution in [0, 0.1) is 0 Å². The van der Waals surface area contributed by atoms with E-state index in [1.807, 2.05) is 0 Å². The molecule has 0 saturated carbocycles. The van der Waals surface area contributed by atoms with E-state index in [-0.39, 0.29) is 17.0 Å². The van der Waals surface area contributed by atoms with E-state index in [9.17, 15) is 0 Å². The second kappa shape index (κ2) is 7.76. The lowest BCUT2D eigenvalue weighted by molar-refractivity contribution is -0.00000251. The predicted octanol–water partition coefficient (Wildman–Crippen LogP) is 1.20. The average molecular weight is 320 g/mol. The lowest BCUT2D eigenvalue weighted by Gasteiger charge is -2.27. The highest BCUT2D eigenvalue weighted by Crippen LogP contribution is 2.65. The Hall–Kier alpha value is 1.39. The van der Waals surface area contributed by atoms with E-state index in [0.717, 1.165) is 4.57 Å². The molecule has 0 rings (SSSR count). The molecule has 0 fully saturated rings. The minimum Gasteiger partial charge on any atom is -1.00 e. The highest BCUT2D eigenvalue weighted by Gasteiger charge is 2.37. The van der Waals surface area contributed by atoms with Gasteiger partial charge in [0, 0.05) is 7.26 Å². The Morgan fingerprint density at radius 2 is 1.33 bits per heavy atom. The molecule has 0 aliphatic rings. The van der Waals surface area contributed by atoms with E-state index < -0.39 is 7.26 Å². The van der Waals surface area contributed by atoms with Gasteiger partial charge in [0.25, 0.3) is 0 Å². The zero-order chi connectivity index (χ0) is 8.91. The third-order valence-corrected chi connectivity index (χ3v) is 11.4. The summed E-state index contributed by atoms with van der Waals surface area (Å²) < 4.78 is 0.815. The van der Waals surface area contributed by atoms with Crippen molar-refractivity contribution < 1.29 is 17.0 Å². The summed E-state index contributed by atoms with van der Waals surface area (Å²) in [5.41, 5.74) is 0. The van der Waals surface area contributed by atoms with Crippen LogP contribution in [0.2, 0.25) is 0 Å². The molecule has 3 heteroatoms. The van der Waals surface area contributed by atoms with Crippen LogP contribution < -0.4 is 17.0 Å². The molecule has 0 heterocycles. The molecule has 0 saturated heterocycles. The largest absolute Gasteiger partial charge is 1.00 e. The van der Waals surface area contributed by atoms with Crippen molar-refractivity contribution in [3.05, 3.63) is 0 Å². The molecule has 1 unspecified atom stereocenters. The first-order valence-electron chi connectivity index (χ1n) is 4.66. The van der Waals surface area contributed by atoms with Gasteiger partial charge in [-0.05, 0) is 43.1 Å². The topological polar surface area (TPSA) is 0 Å². The Bertz CT molecular complexity index is 94.4. The standard InChI is InChI=1S/C9H21BrP.BrH/c1-5-9(10)11(6-2,7-3)8-4;/h9H,5-8H2,1-4H3;1H/q+1;/p-1. The fourth-order valence-corrected chi connectivity index (χ4v) is 7.56. The Balaban J connectivity index is 0. The summed E-state index contributed by atoms with van der Waals surface area (Å²) in [6.45, 7) is 9.34. The second-order valence-electron chi connectivity index (χ2n) is 3.01. The number of halogens is 2. The van der Waals surface area contributed by atoms with Crippen molar-refractivity contribution >= 4 is 23.2 Å². The molecule has 0 aromatic heterocycles. The van der Waals surface area contributed by atoms with Gasteiger partial charge in [0.15, 0.2) is 0 Å². The van der Waals surface area contributed by atoms with Gasteiger partial charge in [-0.3, -0.25) is 0 Å². The lowest BCUT2D eigenvalue weighted by atomic mass is 10.6. The summed E-state index contributed by atoms with van der Waals surface area (Å²) in [6, 6.07) is 0. The lowest BCUT2D eigenvalue weighted by Crippen LogP contribution is -3.00. The summed E-state index contributed by atoms with van der Waals surface area (Å²) >= 11 is 3.83. The number of rotatable bonds is 5. The molecule has 0 N–H and O–H groups in total. The molecule has 0 nitrogen and oxygen atoms in total. The SMILES string of the molecule is CCC(Br)[P+](CC)(CC)CC.[Br-]. The maximum atomic E-state index is 3.83. The van der Waals surface area contributed by atoms with Crippen LogP contribution in [-0.2, 0) is 0 Å². The number of alkyl halides is 1. The molecule has 0 bridgehead atoms. The van der Waals surface area contributed by atoms with Crippen molar-refractivity contribution in [2.45, 2.75) is 38.7 Å². The first kappa shape index (κ1) is 15.8. The van der Waals surface area contributed by atoms with E-state index in [4.69, 9.17) is 0 Å². The summed E-state index contributed by atoms with van der Waals surface area (Å²) in [6.07, 6.45) is 5.51. The minimum atomic E-state index is -0.613. The molecule has 0 aliphatic carbocycles. The molecule has 12 heavy (non-hydrogen) atoms. The number of hydrogen-bond acceptors (Lipinski definition) is 0. The molecule has 0 aromatic carbocycles. The van der Waals surface area contributed by atoms with Crippen molar-refractivity contribution in [2.24, 2.45) is 0 Å². The van der Waals surface area contributed by atoms with Gasteiger partial charge in [-0.15, -0.1) is 0 Å². The van der Waals surface area contributed by atoms with E-state index in [1.54, 1.807) is 0 Å². The fourth-order valence-electron chi connectivity index (χ4n) is 1.65. The Morgan fingerprint density at radius 3 is 1.42 bits per heavy atom. The van der Waals surface area contributed by atoms with Gasteiger partial charge in [-0.2, -0.15) is 0 Å². The second-order valence-corrected chi connectivity index (χ2v) is 9.78. The zero-order valence-electron chi connectivity index (χ0n) is 8.61. The van der Waals surface area contributed by atoms with Gasteiger partial charge in [-0.1, -0.05) is 6.92 Å². The maximum absolute atomic E-state index is 3.83. The highest BCUT2D eigenvalue weighted by atomic mass is 79.9. The smallest absolute Gasteiger partial charge is 0.123 e. The van der Waals surface area contributed by atoms with E-state index >= 15 is 0 Å². The average Bonchev–Trinajstić information content (AvgIpc) is 2.08. The van der Waals surface area contributed by atoms with Crippen LogP contribution in [0.4, 0.5) is 0 Å². The molecule has 0 aliphatic heterocycles. The summed E-state index contributed by atoms with van der Waals surface area (Å²) in [5.74, 6) is 0. The van der Waals surface area contributed by atoms with Gasteiger partial charge in [0.2, 0.25) is 0 Å². The Labute approximate surface area is 97.1 Å². The molecule has 76 valence electrons. The van der Waals surface area contributed by atoms with Crippen molar-refractivity contribution in [3.63, 3.8) is 0 Å². The van der Waals surface area contributed by atoms with Crippen LogP contribution in [0.25, 0.3) is 0 Å². The quantitative estimate of drug-likeness (QED) is 0.528. The molecule has 0 spiro atoms. The van der Waals surface area contributed by atoms with Gasteiger partial charge in [0.05, 0.1) is 18.5 Å². The first-order valence-corrected chi connectivity index (χ1v) is 7.99. The third kappa shape index (κ3) is 3.64. The van der Waals surface area contributed by atoms with Crippen molar-refractivity contribution in [1.29, 1.82) is 0 Å². The normalized spacial score (nSPS) is 13.8. The minimum absolute atomic E-state index is 0. The van der Waals surface area contributed by atoms with Crippen molar-refractivity contribution in [1.82, 2.24) is 0 Å². The van der Waals surface area contributed by atoms with Gasteiger partial charge in [-0.25, -0.2) is 0 Å². The van der Waals surface area contributed by atoms with E-state index in [2.05, 4.69) is 43.6 Å². The molecule has 0 radical (unpaired) electrons. The molecular weight excluding hydrogens is 299 g/mol. The molecule has 1 atom stereocenters. The van der Waals surface area contributed by atoms with Crippen molar-refractivity contribution in [2.75, 3.05) is 18.5 Å². The molecular formula is C9H21Br2P. The predicted molar refractivity (Wildman–Crippen MR) is 61.5 cm³/mol. The highest BCUT2D eigenvalue weighted by molar-refractivity contribution is 9.11. The monoisotopic (exact) mass is 318 g/mol. The van der Waals surface area contributed by atoms with Crippen LogP contribution in [0.1, 0.15) is 34.1 Å². The van der Waals surface area contributed by atoms with Crippen LogP contribution in [0.3, 0.4) is 0 Å². The summed E-state index contributed by atoms with van der Waals surface area (Å²) in [4.78, 5) is 0. The van der Waals surface area contributed by atoms with E-state index in [0.29, 0.717) is 0 Å². The third-order valence-electron chi connectivity index (χ3n) is 2.82. The van der Waals surface area contributed by atoms with Crippen LogP contribution in [-0.4, -0.2) is 23.1 Å². The van der Waals surface area contributed by atoms with Crippen molar-refractivity contribution in [3.8, 4) is 0 Å². The summed E-state index contributed by atoms with van der Waals surface area (Å²) in [7, 11) is -0.613. The Morgan fingerprint density at radius 1 is 1.00 bits per heavy atom. The van der Waals surface area contributed by atoms with E-state index in [1.165, 1.54) is 24.9 Å². The Kier molecular flexibility index (Phi) is 10.2. The molecule has 0 amide bonds. The maximum Gasteiger partial charge on any atom is 0.123 e.